The Morgan fingerprint density at radius 1 is 1.04 bits per heavy atom. The molecule has 4 rings (SSSR count). The minimum absolute atomic E-state index is 0.0337. The Bertz CT molecular complexity index is 1020. The fourth-order valence-electron chi connectivity index (χ4n) is 3.90. The standard InChI is InChI=1S/C24H23NO3/c1-14(2)13-28-24(27)19-15(3)25-22-17-11-7-8-12-18(17)23(26)21(22)20(19)16-9-5-4-6-10-16/h4-12,14,20,25H,13H2,1-3H3. The van der Waals surface area contributed by atoms with Gasteiger partial charge in [0.2, 0.25) is 0 Å². The summed E-state index contributed by atoms with van der Waals surface area (Å²) in [5, 5.41) is 3.32. The number of ketones is 1. The van der Waals surface area contributed by atoms with Gasteiger partial charge in [-0.1, -0.05) is 68.4 Å². The quantitative estimate of drug-likeness (QED) is 0.804. The second-order valence-corrected chi connectivity index (χ2v) is 7.66. The number of esters is 1. The number of benzene rings is 2. The average molecular weight is 373 g/mol. The monoisotopic (exact) mass is 373 g/mol. The van der Waals surface area contributed by atoms with Crippen LogP contribution in [-0.4, -0.2) is 18.4 Å². The molecule has 28 heavy (non-hydrogen) atoms. The highest BCUT2D eigenvalue weighted by atomic mass is 16.5. The molecule has 0 aromatic heterocycles. The first kappa shape index (κ1) is 18.2. The van der Waals surface area contributed by atoms with Crippen LogP contribution in [0.25, 0.3) is 5.70 Å². The fraction of sp³-hybridized carbons (Fsp3) is 0.250. The molecule has 142 valence electrons. The number of ether oxygens (including phenoxy) is 1. The molecule has 0 amide bonds. The fourth-order valence-corrected chi connectivity index (χ4v) is 3.90. The van der Waals surface area contributed by atoms with Crippen molar-refractivity contribution < 1.29 is 14.3 Å². The van der Waals surface area contributed by atoms with Gasteiger partial charge in [0.05, 0.1) is 17.9 Å². The minimum Gasteiger partial charge on any atom is -0.462 e. The van der Waals surface area contributed by atoms with E-state index in [9.17, 15) is 9.59 Å². The normalized spacial score (nSPS) is 18.1. The molecule has 1 unspecified atom stereocenters. The van der Waals surface area contributed by atoms with Crippen molar-refractivity contribution in [2.45, 2.75) is 26.7 Å². The van der Waals surface area contributed by atoms with E-state index in [0.29, 0.717) is 23.3 Å². The molecule has 4 nitrogen and oxygen atoms in total. The van der Waals surface area contributed by atoms with Crippen molar-refractivity contribution in [3.8, 4) is 0 Å². The topological polar surface area (TPSA) is 55.4 Å². The molecule has 0 radical (unpaired) electrons. The van der Waals surface area contributed by atoms with E-state index < -0.39 is 5.92 Å². The highest BCUT2D eigenvalue weighted by Gasteiger charge is 2.42. The number of rotatable bonds is 4. The van der Waals surface area contributed by atoms with E-state index in [0.717, 1.165) is 22.5 Å². The lowest BCUT2D eigenvalue weighted by Gasteiger charge is -2.29. The molecule has 1 aliphatic carbocycles. The third kappa shape index (κ3) is 2.95. The van der Waals surface area contributed by atoms with Gasteiger partial charge in [0, 0.05) is 28.3 Å². The van der Waals surface area contributed by atoms with Crippen molar-refractivity contribution in [2.24, 2.45) is 5.92 Å². The Labute approximate surface area is 164 Å². The number of carbonyl (C=O) groups is 2. The van der Waals surface area contributed by atoms with Crippen LogP contribution in [0.4, 0.5) is 0 Å². The van der Waals surface area contributed by atoms with E-state index >= 15 is 0 Å². The van der Waals surface area contributed by atoms with E-state index in [2.05, 4.69) is 5.32 Å². The zero-order valence-corrected chi connectivity index (χ0v) is 16.3. The van der Waals surface area contributed by atoms with Crippen LogP contribution < -0.4 is 5.32 Å². The third-order valence-corrected chi connectivity index (χ3v) is 5.15. The number of dihydropyridines is 1. The predicted octanol–water partition coefficient (Wildman–Crippen LogP) is 4.45. The lowest BCUT2D eigenvalue weighted by atomic mass is 9.80. The molecule has 2 aliphatic rings. The van der Waals surface area contributed by atoms with Crippen molar-refractivity contribution >= 4 is 17.4 Å². The Kier molecular flexibility index (Phi) is 4.63. The summed E-state index contributed by atoms with van der Waals surface area (Å²) < 4.78 is 5.56. The van der Waals surface area contributed by atoms with Crippen molar-refractivity contribution in [3.05, 3.63) is 88.1 Å². The third-order valence-electron chi connectivity index (χ3n) is 5.15. The van der Waals surface area contributed by atoms with E-state index in [-0.39, 0.29) is 17.7 Å². The molecule has 0 saturated heterocycles. The van der Waals surface area contributed by atoms with Crippen LogP contribution in [0.3, 0.4) is 0 Å². The average Bonchev–Trinajstić information content (AvgIpc) is 2.98. The number of allylic oxidation sites excluding steroid dienone is 2. The number of Topliss-reactive ketones (excluding diaryl/α,β-unsaturated/α-hetero) is 1. The Balaban J connectivity index is 1.84. The van der Waals surface area contributed by atoms with E-state index in [1.54, 1.807) is 0 Å². The molecule has 1 heterocycles. The number of fused-ring (bicyclic) bond motifs is 2. The van der Waals surface area contributed by atoms with Gasteiger partial charge in [0.1, 0.15) is 0 Å². The Hall–Kier alpha value is -3.14. The van der Waals surface area contributed by atoms with E-state index in [4.69, 9.17) is 4.74 Å². The van der Waals surface area contributed by atoms with Crippen molar-refractivity contribution in [3.63, 3.8) is 0 Å². The summed E-state index contributed by atoms with van der Waals surface area (Å²) >= 11 is 0. The van der Waals surface area contributed by atoms with Gasteiger partial charge in [-0.3, -0.25) is 4.79 Å². The first-order valence-electron chi connectivity index (χ1n) is 9.57. The lowest BCUT2D eigenvalue weighted by Crippen LogP contribution is -2.29. The molecule has 4 heteroatoms. The van der Waals surface area contributed by atoms with Crippen molar-refractivity contribution in [1.29, 1.82) is 0 Å². The first-order chi connectivity index (χ1) is 13.5. The van der Waals surface area contributed by atoms with Crippen LogP contribution >= 0.6 is 0 Å². The molecule has 1 aliphatic heterocycles. The molecule has 0 bridgehead atoms. The summed E-state index contributed by atoms with van der Waals surface area (Å²) in [5.41, 5.74) is 5.12. The van der Waals surface area contributed by atoms with Gasteiger partial charge in [0.15, 0.2) is 5.78 Å². The zero-order chi connectivity index (χ0) is 19.8. The second kappa shape index (κ2) is 7.12. The van der Waals surface area contributed by atoms with Crippen LogP contribution in [0.1, 0.15) is 48.2 Å². The van der Waals surface area contributed by atoms with Gasteiger partial charge in [-0.2, -0.15) is 0 Å². The molecule has 0 fully saturated rings. The summed E-state index contributed by atoms with van der Waals surface area (Å²) in [6, 6.07) is 17.3. The van der Waals surface area contributed by atoms with Gasteiger partial charge >= 0.3 is 5.97 Å². The summed E-state index contributed by atoms with van der Waals surface area (Å²) in [5.74, 6) is -0.614. The number of nitrogens with one attached hydrogen (secondary N) is 1. The van der Waals surface area contributed by atoms with Crippen molar-refractivity contribution in [1.82, 2.24) is 5.32 Å². The molecular formula is C24H23NO3. The number of carbonyl (C=O) groups excluding carboxylic acids is 2. The van der Waals surface area contributed by atoms with Gasteiger partial charge in [0.25, 0.3) is 0 Å². The summed E-state index contributed by atoms with van der Waals surface area (Å²) in [6.07, 6.45) is 0. The molecule has 1 atom stereocenters. The van der Waals surface area contributed by atoms with Gasteiger partial charge < -0.3 is 10.1 Å². The van der Waals surface area contributed by atoms with E-state index in [1.165, 1.54) is 0 Å². The lowest BCUT2D eigenvalue weighted by molar-refractivity contribution is -0.140. The summed E-state index contributed by atoms with van der Waals surface area (Å²) in [7, 11) is 0. The van der Waals surface area contributed by atoms with E-state index in [1.807, 2.05) is 75.4 Å². The summed E-state index contributed by atoms with van der Waals surface area (Å²) in [4.78, 5) is 26.3. The largest absolute Gasteiger partial charge is 0.462 e. The number of hydrogen-bond donors (Lipinski definition) is 1. The minimum atomic E-state index is -0.447. The van der Waals surface area contributed by atoms with Crippen LogP contribution in [0, 0.1) is 5.92 Å². The summed E-state index contributed by atoms with van der Waals surface area (Å²) in [6.45, 7) is 6.22. The van der Waals surface area contributed by atoms with Gasteiger partial charge in [-0.05, 0) is 18.4 Å². The van der Waals surface area contributed by atoms with Crippen LogP contribution in [0.15, 0.2) is 71.4 Å². The maximum Gasteiger partial charge on any atom is 0.336 e. The smallest absolute Gasteiger partial charge is 0.336 e. The predicted molar refractivity (Wildman–Crippen MR) is 109 cm³/mol. The maximum atomic E-state index is 13.3. The van der Waals surface area contributed by atoms with Crippen LogP contribution in [0.5, 0.6) is 0 Å². The first-order valence-corrected chi connectivity index (χ1v) is 9.57. The highest BCUT2D eigenvalue weighted by Crippen LogP contribution is 2.46. The molecule has 0 saturated carbocycles. The Morgan fingerprint density at radius 3 is 2.36 bits per heavy atom. The molecule has 2 aromatic carbocycles. The maximum absolute atomic E-state index is 13.3. The highest BCUT2D eigenvalue weighted by molar-refractivity contribution is 6.23. The molecule has 0 spiro atoms. The SMILES string of the molecule is CC1=C(C(=O)OCC(C)C)C(c2ccccc2)C2=C(N1)c1ccccc1C2=O. The van der Waals surface area contributed by atoms with Crippen LogP contribution in [-0.2, 0) is 9.53 Å². The second-order valence-electron chi connectivity index (χ2n) is 7.66. The van der Waals surface area contributed by atoms with Crippen LogP contribution in [0.2, 0.25) is 0 Å². The molecule has 1 N–H and O–H groups in total. The molecule has 2 aromatic rings. The number of hydrogen-bond acceptors (Lipinski definition) is 4. The van der Waals surface area contributed by atoms with Gasteiger partial charge in [-0.25, -0.2) is 4.79 Å². The Morgan fingerprint density at radius 2 is 1.68 bits per heavy atom. The zero-order valence-electron chi connectivity index (χ0n) is 16.3. The molecular weight excluding hydrogens is 350 g/mol. The van der Waals surface area contributed by atoms with Crippen molar-refractivity contribution in [2.75, 3.05) is 6.61 Å². The van der Waals surface area contributed by atoms with Gasteiger partial charge in [-0.15, -0.1) is 0 Å².